The number of hydrogen-bond donors (Lipinski definition) is 1. The van der Waals surface area contributed by atoms with Crippen LogP contribution < -0.4 is 5.73 Å². The fourth-order valence-corrected chi connectivity index (χ4v) is 3.66. The average Bonchev–Trinajstić information content (AvgIpc) is 2.73. The number of nitrogens with two attached hydrogens (primary N) is 1. The predicted octanol–water partition coefficient (Wildman–Crippen LogP) is 5.01. The summed E-state index contributed by atoms with van der Waals surface area (Å²) < 4.78 is 44.2. The number of ether oxygens (including phenoxy) is 1. The molecule has 2 unspecified atom stereocenters. The van der Waals surface area contributed by atoms with Crippen molar-refractivity contribution in [2.24, 2.45) is 5.73 Å². The summed E-state index contributed by atoms with van der Waals surface area (Å²) in [6, 6.07) is 12.9. The van der Waals surface area contributed by atoms with Gasteiger partial charge in [0.15, 0.2) is 5.78 Å². The Morgan fingerprint density at radius 2 is 1.77 bits per heavy atom. The zero-order valence-corrected chi connectivity index (χ0v) is 16.4. The Morgan fingerprint density at radius 3 is 2.30 bits per heavy atom. The summed E-state index contributed by atoms with van der Waals surface area (Å²) in [5.74, 6) is 0.000198. The van der Waals surface area contributed by atoms with E-state index in [9.17, 15) is 18.0 Å². The number of benzene rings is 2. The van der Waals surface area contributed by atoms with Gasteiger partial charge in [-0.2, -0.15) is 18.4 Å². The second-order valence-electron chi connectivity index (χ2n) is 7.13. The van der Waals surface area contributed by atoms with E-state index in [1.807, 2.05) is 6.07 Å². The number of rotatable bonds is 5. The smallest absolute Gasteiger partial charge is 0.416 e. The predicted molar refractivity (Wildman–Crippen MR) is 105 cm³/mol. The highest BCUT2D eigenvalue weighted by Crippen LogP contribution is 2.39. The maximum Gasteiger partial charge on any atom is 0.416 e. The standard InChI is InChI=1S/C23H21F3N2O2/c1-2-30-20-12-17(15-7-9-18(10-8-15)23(24,25)26)11-19(29)21(20)22(28)16-5-3-14(13-27)4-6-16/h3-10,17,22H,2,11-12,28H2,1H3. The van der Waals surface area contributed by atoms with E-state index >= 15 is 0 Å². The van der Waals surface area contributed by atoms with Crippen molar-refractivity contribution in [1.82, 2.24) is 0 Å². The van der Waals surface area contributed by atoms with Crippen molar-refractivity contribution in [3.8, 4) is 6.07 Å². The van der Waals surface area contributed by atoms with Crippen LogP contribution in [0.1, 0.15) is 54.0 Å². The van der Waals surface area contributed by atoms with Crippen LogP contribution in [-0.4, -0.2) is 12.4 Å². The molecule has 0 aliphatic heterocycles. The fraction of sp³-hybridized carbons (Fsp3) is 0.304. The second-order valence-corrected chi connectivity index (χ2v) is 7.13. The van der Waals surface area contributed by atoms with Crippen LogP contribution in [0.15, 0.2) is 59.9 Å². The second kappa shape index (κ2) is 8.72. The molecule has 0 bridgehead atoms. The Bertz CT molecular complexity index is 987. The van der Waals surface area contributed by atoms with Crippen LogP contribution in [0.25, 0.3) is 0 Å². The molecule has 0 fully saturated rings. The lowest BCUT2D eigenvalue weighted by atomic mass is 9.79. The van der Waals surface area contributed by atoms with Gasteiger partial charge in [0.2, 0.25) is 0 Å². The summed E-state index contributed by atoms with van der Waals surface area (Å²) in [6.07, 6.45) is -3.89. The van der Waals surface area contributed by atoms with E-state index < -0.39 is 17.8 Å². The fourth-order valence-electron chi connectivity index (χ4n) is 3.66. The molecule has 2 atom stereocenters. The third kappa shape index (κ3) is 4.55. The van der Waals surface area contributed by atoms with Gasteiger partial charge in [0, 0.05) is 12.8 Å². The number of carbonyl (C=O) groups excluding carboxylic acids is 1. The molecule has 0 radical (unpaired) electrons. The lowest BCUT2D eigenvalue weighted by Gasteiger charge is -2.29. The number of nitriles is 1. The van der Waals surface area contributed by atoms with Crippen molar-refractivity contribution < 1.29 is 22.7 Å². The lowest BCUT2D eigenvalue weighted by Crippen LogP contribution is -2.27. The molecule has 156 valence electrons. The number of hydrogen-bond acceptors (Lipinski definition) is 4. The SMILES string of the molecule is CCOC1=C(C(N)c2ccc(C#N)cc2)C(=O)CC(c2ccc(C(F)(F)F)cc2)C1. The van der Waals surface area contributed by atoms with Crippen molar-refractivity contribution in [1.29, 1.82) is 5.26 Å². The first kappa shape index (κ1) is 21.6. The van der Waals surface area contributed by atoms with Gasteiger partial charge in [0.25, 0.3) is 0 Å². The summed E-state index contributed by atoms with van der Waals surface area (Å²) in [5, 5.41) is 8.94. The molecule has 0 heterocycles. The summed E-state index contributed by atoms with van der Waals surface area (Å²) in [6.45, 7) is 2.13. The highest BCUT2D eigenvalue weighted by Gasteiger charge is 2.34. The van der Waals surface area contributed by atoms with E-state index in [1.54, 1.807) is 31.2 Å². The van der Waals surface area contributed by atoms with Crippen molar-refractivity contribution in [3.63, 3.8) is 0 Å². The van der Waals surface area contributed by atoms with Gasteiger partial charge in [-0.05, 0) is 48.2 Å². The molecule has 1 aliphatic rings. The van der Waals surface area contributed by atoms with E-state index in [-0.39, 0.29) is 18.1 Å². The van der Waals surface area contributed by atoms with E-state index in [2.05, 4.69) is 0 Å². The quantitative estimate of drug-likeness (QED) is 0.746. The van der Waals surface area contributed by atoms with Crippen LogP contribution in [0.4, 0.5) is 13.2 Å². The number of allylic oxidation sites excluding steroid dienone is 1. The highest BCUT2D eigenvalue weighted by molar-refractivity contribution is 5.98. The molecule has 1 aliphatic carbocycles. The topological polar surface area (TPSA) is 76.1 Å². The van der Waals surface area contributed by atoms with Gasteiger partial charge in [-0.1, -0.05) is 24.3 Å². The monoisotopic (exact) mass is 414 g/mol. The Hall–Kier alpha value is -3.11. The van der Waals surface area contributed by atoms with Crippen LogP contribution in [0.5, 0.6) is 0 Å². The van der Waals surface area contributed by atoms with E-state index in [0.29, 0.717) is 41.1 Å². The first-order chi connectivity index (χ1) is 14.2. The molecular formula is C23H21F3N2O2. The maximum absolute atomic E-state index is 13.0. The molecule has 0 saturated heterocycles. The zero-order valence-electron chi connectivity index (χ0n) is 16.4. The molecule has 0 aromatic heterocycles. The van der Waals surface area contributed by atoms with Crippen LogP contribution in [0.3, 0.4) is 0 Å². The van der Waals surface area contributed by atoms with Gasteiger partial charge in [0.1, 0.15) is 5.76 Å². The Balaban J connectivity index is 1.90. The lowest BCUT2D eigenvalue weighted by molar-refractivity contribution is -0.137. The minimum absolute atomic E-state index is 0.140. The molecule has 2 aromatic rings. The van der Waals surface area contributed by atoms with Crippen molar-refractivity contribution in [2.45, 2.75) is 37.9 Å². The normalized spacial score (nSPS) is 18.1. The number of nitrogens with zero attached hydrogens (tertiary/aromatic N) is 1. The molecule has 2 aromatic carbocycles. The summed E-state index contributed by atoms with van der Waals surface area (Å²) in [7, 11) is 0. The number of halogens is 3. The van der Waals surface area contributed by atoms with E-state index in [0.717, 1.165) is 12.1 Å². The third-order valence-corrected chi connectivity index (χ3v) is 5.20. The Kier molecular flexibility index (Phi) is 6.28. The number of alkyl halides is 3. The number of carbonyl (C=O) groups is 1. The first-order valence-corrected chi connectivity index (χ1v) is 9.56. The zero-order chi connectivity index (χ0) is 21.9. The molecule has 3 rings (SSSR count). The third-order valence-electron chi connectivity index (χ3n) is 5.20. The minimum Gasteiger partial charge on any atom is -0.498 e. The number of Topliss-reactive ketones (excluding diaryl/α,β-unsaturated/α-hetero) is 1. The molecule has 2 N–H and O–H groups in total. The van der Waals surface area contributed by atoms with E-state index in [1.165, 1.54) is 12.1 Å². The van der Waals surface area contributed by atoms with Gasteiger partial charge >= 0.3 is 6.18 Å². The molecule has 30 heavy (non-hydrogen) atoms. The molecule has 0 spiro atoms. The molecular weight excluding hydrogens is 393 g/mol. The Labute approximate surface area is 172 Å². The summed E-state index contributed by atoms with van der Waals surface area (Å²) in [4.78, 5) is 13.0. The molecule has 7 heteroatoms. The maximum atomic E-state index is 13.0. The first-order valence-electron chi connectivity index (χ1n) is 9.56. The molecule has 0 amide bonds. The minimum atomic E-state index is -4.40. The van der Waals surface area contributed by atoms with Crippen LogP contribution in [-0.2, 0) is 15.7 Å². The highest BCUT2D eigenvalue weighted by atomic mass is 19.4. The van der Waals surface area contributed by atoms with Crippen molar-refractivity contribution in [2.75, 3.05) is 6.61 Å². The number of ketones is 1. The van der Waals surface area contributed by atoms with Gasteiger partial charge in [-0.25, -0.2) is 0 Å². The summed E-state index contributed by atoms with van der Waals surface area (Å²) in [5.41, 5.74) is 7.84. The van der Waals surface area contributed by atoms with Crippen LogP contribution in [0.2, 0.25) is 0 Å². The van der Waals surface area contributed by atoms with Crippen molar-refractivity contribution >= 4 is 5.78 Å². The average molecular weight is 414 g/mol. The molecule has 0 saturated carbocycles. The van der Waals surface area contributed by atoms with Crippen LogP contribution >= 0.6 is 0 Å². The van der Waals surface area contributed by atoms with Crippen LogP contribution in [0, 0.1) is 11.3 Å². The Morgan fingerprint density at radius 1 is 1.13 bits per heavy atom. The van der Waals surface area contributed by atoms with Gasteiger partial charge < -0.3 is 10.5 Å². The molecule has 4 nitrogen and oxygen atoms in total. The van der Waals surface area contributed by atoms with Gasteiger partial charge in [0.05, 0.1) is 35.4 Å². The van der Waals surface area contributed by atoms with E-state index in [4.69, 9.17) is 15.7 Å². The van der Waals surface area contributed by atoms with Gasteiger partial charge in [-0.3, -0.25) is 4.79 Å². The van der Waals surface area contributed by atoms with Gasteiger partial charge in [-0.15, -0.1) is 0 Å². The summed E-state index contributed by atoms with van der Waals surface area (Å²) >= 11 is 0. The van der Waals surface area contributed by atoms with Crippen molar-refractivity contribution in [3.05, 3.63) is 82.1 Å². The largest absolute Gasteiger partial charge is 0.498 e.